The van der Waals surface area contributed by atoms with Crippen molar-refractivity contribution in [3.63, 3.8) is 0 Å². The maximum Gasteiger partial charge on any atom is 0.189 e. The summed E-state index contributed by atoms with van der Waals surface area (Å²) in [4.78, 5) is 11.6. The summed E-state index contributed by atoms with van der Waals surface area (Å²) in [7, 11) is 0. The number of benzene rings is 1. The van der Waals surface area contributed by atoms with E-state index in [1.54, 1.807) is 4.68 Å². The Bertz CT molecular complexity index is 928. The monoisotopic (exact) mass is 430 g/mol. The minimum Gasteiger partial charge on any atom is -0.355 e. The van der Waals surface area contributed by atoms with E-state index >= 15 is 0 Å². The summed E-state index contributed by atoms with van der Waals surface area (Å²) in [6.07, 6.45) is 2.11. The van der Waals surface area contributed by atoms with Crippen LogP contribution in [-0.2, 0) is 0 Å². The van der Waals surface area contributed by atoms with E-state index in [1.165, 1.54) is 5.56 Å². The lowest BCUT2D eigenvalue weighted by atomic mass is 10.0. The Morgan fingerprint density at radius 1 is 1.11 bits per heavy atom. The van der Waals surface area contributed by atoms with Gasteiger partial charge < -0.3 is 4.90 Å². The molecule has 0 radical (unpaired) electrons. The molecule has 0 saturated heterocycles. The third-order valence-corrected chi connectivity index (χ3v) is 5.18. The van der Waals surface area contributed by atoms with E-state index in [2.05, 4.69) is 82.0 Å². The van der Waals surface area contributed by atoms with Crippen molar-refractivity contribution < 1.29 is 0 Å². The molecule has 0 amide bonds. The molecule has 144 valence electrons. The Labute approximate surface area is 169 Å². The molecule has 0 spiro atoms. The van der Waals surface area contributed by atoms with Gasteiger partial charge in [0.2, 0.25) is 0 Å². The molecule has 0 fully saturated rings. The molecular formula is C20H27BrN6. The van der Waals surface area contributed by atoms with Gasteiger partial charge in [0.05, 0.1) is 5.69 Å². The predicted molar refractivity (Wildman–Crippen MR) is 114 cm³/mol. The first kappa shape index (κ1) is 19.7. The highest BCUT2D eigenvalue weighted by Crippen LogP contribution is 2.29. The quantitative estimate of drug-likeness (QED) is 0.525. The Balaban J connectivity index is 2.14. The first-order valence-electron chi connectivity index (χ1n) is 9.61. The van der Waals surface area contributed by atoms with Crippen molar-refractivity contribution in [1.82, 2.24) is 25.0 Å². The summed E-state index contributed by atoms with van der Waals surface area (Å²) in [5, 5.41) is 8.86. The molecule has 0 bridgehead atoms. The third kappa shape index (κ3) is 3.98. The van der Waals surface area contributed by atoms with Gasteiger partial charge in [0, 0.05) is 17.6 Å². The van der Waals surface area contributed by atoms with Crippen LogP contribution in [0, 0.1) is 6.92 Å². The smallest absolute Gasteiger partial charge is 0.189 e. The van der Waals surface area contributed by atoms with Crippen molar-refractivity contribution in [2.24, 2.45) is 0 Å². The van der Waals surface area contributed by atoms with Gasteiger partial charge in [-0.15, -0.1) is 5.10 Å². The molecule has 3 rings (SSSR count). The van der Waals surface area contributed by atoms with Gasteiger partial charge in [-0.3, -0.25) is 0 Å². The number of halogens is 1. The number of hydrogen-bond acceptors (Lipinski definition) is 5. The number of nitrogens with zero attached hydrogens (tertiary/aromatic N) is 6. The molecule has 2 aromatic heterocycles. The van der Waals surface area contributed by atoms with E-state index in [9.17, 15) is 0 Å². The van der Waals surface area contributed by atoms with E-state index in [0.717, 1.165) is 58.9 Å². The zero-order chi connectivity index (χ0) is 19.6. The van der Waals surface area contributed by atoms with Crippen LogP contribution in [0.3, 0.4) is 0 Å². The highest BCUT2D eigenvalue weighted by Gasteiger charge is 2.19. The number of aryl methyl sites for hydroxylation is 1. The SMILES string of the molecule is CCCN(CCC)c1nc(C)nc2c1nnn2-c1ccc(C(C)C)cc1Br. The predicted octanol–water partition coefficient (Wildman–Crippen LogP) is 5.03. The standard InChI is InChI=1S/C20H27BrN6/c1-6-10-26(11-7-2)19-18-20(23-14(5)22-19)27(25-24-18)17-9-8-15(13(3)4)12-16(17)21/h8-9,12-13H,6-7,10-11H2,1-5H3. The van der Waals surface area contributed by atoms with E-state index < -0.39 is 0 Å². The Morgan fingerprint density at radius 3 is 2.41 bits per heavy atom. The Hall–Kier alpha value is -2.02. The summed E-state index contributed by atoms with van der Waals surface area (Å²) in [6, 6.07) is 6.34. The van der Waals surface area contributed by atoms with Crippen LogP contribution in [0.15, 0.2) is 22.7 Å². The van der Waals surface area contributed by atoms with Gasteiger partial charge >= 0.3 is 0 Å². The molecule has 0 unspecified atom stereocenters. The van der Waals surface area contributed by atoms with Gasteiger partial charge in [0.1, 0.15) is 5.82 Å². The van der Waals surface area contributed by atoms with Crippen LogP contribution >= 0.6 is 15.9 Å². The van der Waals surface area contributed by atoms with Crippen molar-refractivity contribution in [2.75, 3.05) is 18.0 Å². The molecule has 2 heterocycles. The Kier molecular flexibility index (Phi) is 6.09. The minimum atomic E-state index is 0.468. The highest BCUT2D eigenvalue weighted by molar-refractivity contribution is 9.10. The van der Waals surface area contributed by atoms with Crippen LogP contribution in [0.2, 0.25) is 0 Å². The normalized spacial score (nSPS) is 11.5. The third-order valence-electron chi connectivity index (χ3n) is 4.55. The molecule has 3 aromatic rings. The van der Waals surface area contributed by atoms with Crippen LogP contribution in [0.5, 0.6) is 0 Å². The van der Waals surface area contributed by atoms with Gasteiger partial charge in [-0.05, 0) is 59.3 Å². The minimum absolute atomic E-state index is 0.468. The number of rotatable bonds is 7. The maximum absolute atomic E-state index is 4.69. The number of fused-ring (bicyclic) bond motifs is 1. The van der Waals surface area contributed by atoms with Gasteiger partial charge in [-0.2, -0.15) is 4.68 Å². The fraction of sp³-hybridized carbons (Fsp3) is 0.500. The average Bonchev–Trinajstić information content (AvgIpc) is 3.04. The van der Waals surface area contributed by atoms with Crippen LogP contribution < -0.4 is 4.90 Å². The molecule has 0 aliphatic heterocycles. The topological polar surface area (TPSA) is 59.7 Å². The van der Waals surface area contributed by atoms with E-state index in [0.29, 0.717) is 5.92 Å². The lowest BCUT2D eigenvalue weighted by Crippen LogP contribution is -2.26. The molecular weight excluding hydrogens is 404 g/mol. The highest BCUT2D eigenvalue weighted by atomic mass is 79.9. The molecule has 0 N–H and O–H groups in total. The van der Waals surface area contributed by atoms with Crippen LogP contribution in [0.1, 0.15) is 57.8 Å². The fourth-order valence-electron chi connectivity index (χ4n) is 3.21. The van der Waals surface area contributed by atoms with Gasteiger partial charge in [-0.25, -0.2) is 9.97 Å². The van der Waals surface area contributed by atoms with Crippen molar-refractivity contribution in [2.45, 2.75) is 53.4 Å². The second kappa shape index (κ2) is 8.33. The lowest BCUT2D eigenvalue weighted by Gasteiger charge is -2.22. The molecule has 0 aliphatic rings. The molecule has 6 nitrogen and oxygen atoms in total. The zero-order valence-electron chi connectivity index (χ0n) is 16.7. The summed E-state index contributed by atoms with van der Waals surface area (Å²) in [5.41, 5.74) is 3.71. The van der Waals surface area contributed by atoms with Crippen molar-refractivity contribution in [3.05, 3.63) is 34.1 Å². The first-order chi connectivity index (χ1) is 13.0. The molecule has 0 aliphatic carbocycles. The largest absolute Gasteiger partial charge is 0.355 e. The van der Waals surface area contributed by atoms with E-state index in [4.69, 9.17) is 4.98 Å². The summed E-state index contributed by atoms with van der Waals surface area (Å²) >= 11 is 3.70. The first-order valence-corrected chi connectivity index (χ1v) is 10.4. The van der Waals surface area contributed by atoms with Crippen molar-refractivity contribution >= 4 is 32.9 Å². The average molecular weight is 431 g/mol. The van der Waals surface area contributed by atoms with Gasteiger partial charge in [0.25, 0.3) is 0 Å². The second-order valence-corrected chi connectivity index (χ2v) is 7.97. The van der Waals surface area contributed by atoms with Gasteiger partial charge in [-0.1, -0.05) is 39.0 Å². The number of hydrogen-bond donors (Lipinski definition) is 0. The fourth-order valence-corrected chi connectivity index (χ4v) is 3.77. The summed E-state index contributed by atoms with van der Waals surface area (Å²) in [6.45, 7) is 12.5. The van der Waals surface area contributed by atoms with E-state index in [1.807, 2.05) is 6.92 Å². The maximum atomic E-state index is 4.69. The number of aromatic nitrogens is 5. The van der Waals surface area contributed by atoms with Gasteiger partial charge in [0.15, 0.2) is 17.0 Å². The van der Waals surface area contributed by atoms with Crippen molar-refractivity contribution in [1.29, 1.82) is 0 Å². The molecule has 0 atom stereocenters. The summed E-state index contributed by atoms with van der Waals surface area (Å²) in [5.74, 6) is 2.08. The Morgan fingerprint density at radius 2 is 1.81 bits per heavy atom. The summed E-state index contributed by atoms with van der Waals surface area (Å²) < 4.78 is 2.79. The van der Waals surface area contributed by atoms with Crippen LogP contribution in [-0.4, -0.2) is 38.1 Å². The van der Waals surface area contributed by atoms with Crippen molar-refractivity contribution in [3.8, 4) is 5.69 Å². The van der Waals surface area contributed by atoms with Crippen LogP contribution in [0.25, 0.3) is 16.9 Å². The second-order valence-electron chi connectivity index (χ2n) is 7.12. The molecule has 1 aromatic carbocycles. The number of anilines is 1. The zero-order valence-corrected chi connectivity index (χ0v) is 18.3. The lowest BCUT2D eigenvalue weighted by molar-refractivity contribution is 0.733. The van der Waals surface area contributed by atoms with Crippen LogP contribution in [0.4, 0.5) is 5.82 Å². The molecule has 27 heavy (non-hydrogen) atoms. The molecule has 0 saturated carbocycles. The van der Waals surface area contributed by atoms with E-state index in [-0.39, 0.29) is 0 Å². The molecule has 7 heteroatoms.